The molecule has 0 heterocycles. The third-order valence-corrected chi connectivity index (χ3v) is 5.44. The molecule has 2 aromatic carbocycles. The molecule has 0 aliphatic carbocycles. The highest BCUT2D eigenvalue weighted by Crippen LogP contribution is 2.22. The summed E-state index contributed by atoms with van der Waals surface area (Å²) in [6.07, 6.45) is 2.73. The number of carbonyl (C=O) groups excluding carboxylic acids is 1. The molecule has 0 saturated heterocycles. The van der Waals surface area contributed by atoms with Gasteiger partial charge in [0.1, 0.15) is 12.3 Å². The van der Waals surface area contributed by atoms with Crippen LogP contribution in [0.3, 0.4) is 0 Å². The fourth-order valence-electron chi connectivity index (χ4n) is 2.91. The van der Waals surface area contributed by atoms with Crippen molar-refractivity contribution < 1.29 is 17.9 Å². The van der Waals surface area contributed by atoms with Gasteiger partial charge in [-0.1, -0.05) is 30.3 Å². The van der Waals surface area contributed by atoms with Gasteiger partial charge in [0.15, 0.2) is 0 Å². The van der Waals surface area contributed by atoms with Gasteiger partial charge in [-0.2, -0.15) is 0 Å². The van der Waals surface area contributed by atoms with Crippen molar-refractivity contribution in [2.45, 2.75) is 45.8 Å². The Labute approximate surface area is 173 Å². The summed E-state index contributed by atoms with van der Waals surface area (Å²) in [5.74, 6) is 0.315. The van der Waals surface area contributed by atoms with Crippen LogP contribution in [-0.4, -0.2) is 39.3 Å². The van der Waals surface area contributed by atoms with Gasteiger partial charge in [-0.25, -0.2) is 8.42 Å². The molecule has 1 atom stereocenters. The second kappa shape index (κ2) is 10.3. The zero-order valence-corrected chi connectivity index (χ0v) is 18.3. The minimum absolute atomic E-state index is 0.0232. The van der Waals surface area contributed by atoms with Crippen LogP contribution in [0.1, 0.15) is 32.8 Å². The number of ether oxygens (including phenoxy) is 1. The van der Waals surface area contributed by atoms with Crippen molar-refractivity contribution in [2.75, 3.05) is 17.1 Å². The van der Waals surface area contributed by atoms with Crippen molar-refractivity contribution in [2.24, 2.45) is 0 Å². The third kappa shape index (κ3) is 7.77. The molecule has 0 saturated carbocycles. The lowest BCUT2D eigenvalue weighted by Gasteiger charge is -2.23. The van der Waals surface area contributed by atoms with Gasteiger partial charge >= 0.3 is 0 Å². The van der Waals surface area contributed by atoms with Crippen LogP contribution >= 0.6 is 0 Å². The van der Waals surface area contributed by atoms with E-state index in [9.17, 15) is 13.2 Å². The number of benzene rings is 2. The number of aryl methyl sites for hydroxylation is 1. The minimum atomic E-state index is -3.61. The summed E-state index contributed by atoms with van der Waals surface area (Å²) >= 11 is 0. The summed E-state index contributed by atoms with van der Waals surface area (Å²) in [5, 5.41) is 2.89. The van der Waals surface area contributed by atoms with E-state index in [1.165, 1.54) is 5.56 Å². The van der Waals surface area contributed by atoms with Gasteiger partial charge in [0.05, 0.1) is 18.0 Å². The van der Waals surface area contributed by atoms with Gasteiger partial charge in [0.2, 0.25) is 15.9 Å². The molecule has 0 aliphatic heterocycles. The highest BCUT2D eigenvalue weighted by Gasteiger charge is 2.21. The number of carbonyl (C=O) groups is 1. The van der Waals surface area contributed by atoms with E-state index < -0.39 is 10.0 Å². The lowest BCUT2D eigenvalue weighted by molar-refractivity contribution is -0.120. The quantitative estimate of drug-likeness (QED) is 0.642. The van der Waals surface area contributed by atoms with E-state index in [0.717, 1.165) is 23.4 Å². The Morgan fingerprint density at radius 2 is 1.66 bits per heavy atom. The first-order chi connectivity index (χ1) is 13.6. The molecule has 7 heteroatoms. The normalized spacial score (nSPS) is 12.4. The molecule has 1 amide bonds. The number of nitrogens with one attached hydrogen (secondary N) is 1. The predicted octanol–water partition coefficient (Wildman–Crippen LogP) is 3.38. The fraction of sp³-hybridized carbons (Fsp3) is 0.409. The summed E-state index contributed by atoms with van der Waals surface area (Å²) in [5.41, 5.74) is 1.63. The molecule has 0 aromatic heterocycles. The van der Waals surface area contributed by atoms with E-state index in [1.807, 2.05) is 51.1 Å². The second-order valence-electron chi connectivity index (χ2n) is 7.42. The monoisotopic (exact) mass is 418 g/mol. The average molecular weight is 419 g/mol. The Hall–Kier alpha value is -2.54. The first kappa shape index (κ1) is 22.7. The number of amides is 1. The van der Waals surface area contributed by atoms with Crippen LogP contribution in [0.15, 0.2) is 54.6 Å². The molecule has 158 valence electrons. The van der Waals surface area contributed by atoms with E-state index in [1.54, 1.807) is 24.3 Å². The number of anilines is 1. The van der Waals surface area contributed by atoms with Crippen LogP contribution in [0.5, 0.6) is 5.75 Å². The summed E-state index contributed by atoms with van der Waals surface area (Å²) in [6, 6.07) is 16.7. The van der Waals surface area contributed by atoms with Gasteiger partial charge in [0.25, 0.3) is 0 Å². The molecule has 0 aliphatic rings. The van der Waals surface area contributed by atoms with Crippen LogP contribution in [0.4, 0.5) is 5.69 Å². The summed E-state index contributed by atoms with van der Waals surface area (Å²) in [4.78, 5) is 12.5. The molecule has 0 fully saturated rings. The standard InChI is InChI=1S/C22H30N2O4S/c1-17(2)28-21-14-12-20(13-15-21)24(29(4,26)27)16-22(25)23-18(3)10-11-19-8-6-5-7-9-19/h5-9,12-15,17-18H,10-11,16H2,1-4H3,(H,23,25). The number of rotatable bonds is 10. The van der Waals surface area contributed by atoms with Gasteiger partial charge in [-0.15, -0.1) is 0 Å². The van der Waals surface area contributed by atoms with Crippen molar-refractivity contribution in [1.82, 2.24) is 5.32 Å². The van der Waals surface area contributed by atoms with Crippen LogP contribution in [0, 0.1) is 0 Å². The Balaban J connectivity index is 1.97. The van der Waals surface area contributed by atoms with Gasteiger partial charge < -0.3 is 10.1 Å². The lowest BCUT2D eigenvalue weighted by Crippen LogP contribution is -2.43. The van der Waals surface area contributed by atoms with Crippen molar-refractivity contribution in [3.8, 4) is 5.75 Å². The Kier molecular flexibility index (Phi) is 8.08. The van der Waals surface area contributed by atoms with Gasteiger partial charge in [-0.05, 0) is 63.4 Å². The third-order valence-electron chi connectivity index (χ3n) is 4.30. The van der Waals surface area contributed by atoms with Crippen LogP contribution in [0.25, 0.3) is 0 Å². The maximum absolute atomic E-state index is 12.5. The molecule has 0 spiro atoms. The molecule has 0 radical (unpaired) electrons. The maximum atomic E-state index is 12.5. The Morgan fingerprint density at radius 1 is 1.03 bits per heavy atom. The summed E-state index contributed by atoms with van der Waals surface area (Å²) < 4.78 is 31.2. The topological polar surface area (TPSA) is 75.7 Å². The molecular weight excluding hydrogens is 388 g/mol. The summed E-state index contributed by atoms with van der Waals surface area (Å²) in [6.45, 7) is 5.49. The van der Waals surface area contributed by atoms with Crippen LogP contribution in [-0.2, 0) is 21.2 Å². The molecule has 6 nitrogen and oxygen atoms in total. The van der Waals surface area contributed by atoms with Gasteiger partial charge in [0, 0.05) is 6.04 Å². The molecule has 2 rings (SSSR count). The van der Waals surface area contributed by atoms with E-state index in [-0.39, 0.29) is 24.6 Å². The number of sulfonamides is 1. The fourth-order valence-corrected chi connectivity index (χ4v) is 3.77. The SMILES string of the molecule is CC(CCc1ccccc1)NC(=O)CN(c1ccc(OC(C)C)cc1)S(C)(=O)=O. The van der Waals surface area contributed by atoms with Crippen molar-refractivity contribution in [1.29, 1.82) is 0 Å². The van der Waals surface area contributed by atoms with Crippen molar-refractivity contribution in [3.63, 3.8) is 0 Å². The maximum Gasteiger partial charge on any atom is 0.240 e. The Bertz CT molecular complexity index is 881. The molecule has 0 bridgehead atoms. The van der Waals surface area contributed by atoms with E-state index >= 15 is 0 Å². The zero-order chi connectivity index (χ0) is 21.4. The molecule has 29 heavy (non-hydrogen) atoms. The molecule has 2 aromatic rings. The average Bonchev–Trinajstić information content (AvgIpc) is 2.65. The van der Waals surface area contributed by atoms with E-state index in [4.69, 9.17) is 4.74 Å². The smallest absolute Gasteiger partial charge is 0.240 e. The zero-order valence-electron chi connectivity index (χ0n) is 17.5. The predicted molar refractivity (Wildman–Crippen MR) is 117 cm³/mol. The van der Waals surface area contributed by atoms with E-state index in [0.29, 0.717) is 11.4 Å². The Morgan fingerprint density at radius 3 is 2.21 bits per heavy atom. The lowest BCUT2D eigenvalue weighted by atomic mass is 10.1. The molecule has 1 N–H and O–H groups in total. The van der Waals surface area contributed by atoms with Crippen LogP contribution < -0.4 is 14.4 Å². The second-order valence-corrected chi connectivity index (χ2v) is 9.33. The number of hydrogen-bond donors (Lipinski definition) is 1. The van der Waals surface area contributed by atoms with Crippen LogP contribution in [0.2, 0.25) is 0 Å². The summed E-state index contributed by atoms with van der Waals surface area (Å²) in [7, 11) is -3.61. The van der Waals surface area contributed by atoms with Gasteiger partial charge in [-0.3, -0.25) is 9.10 Å². The van der Waals surface area contributed by atoms with Crippen molar-refractivity contribution in [3.05, 3.63) is 60.2 Å². The highest BCUT2D eigenvalue weighted by atomic mass is 32.2. The molecule has 1 unspecified atom stereocenters. The number of hydrogen-bond acceptors (Lipinski definition) is 4. The largest absolute Gasteiger partial charge is 0.491 e. The minimum Gasteiger partial charge on any atom is -0.491 e. The number of nitrogens with zero attached hydrogens (tertiary/aromatic N) is 1. The first-order valence-corrected chi connectivity index (χ1v) is 11.6. The highest BCUT2D eigenvalue weighted by molar-refractivity contribution is 7.92. The van der Waals surface area contributed by atoms with E-state index in [2.05, 4.69) is 5.32 Å². The van der Waals surface area contributed by atoms with Crippen molar-refractivity contribution >= 4 is 21.6 Å². The molecular formula is C22H30N2O4S. The first-order valence-electron chi connectivity index (χ1n) is 9.73.